The quantitative estimate of drug-likeness (QED) is 0.639. The van der Waals surface area contributed by atoms with Crippen molar-refractivity contribution < 1.29 is 9.59 Å². The zero-order chi connectivity index (χ0) is 18.9. The molecule has 1 aromatic carbocycles. The van der Waals surface area contributed by atoms with Gasteiger partial charge in [0.15, 0.2) is 5.78 Å². The molecular formula is C21H28N2O2S. The molecule has 26 heavy (non-hydrogen) atoms. The average Bonchev–Trinajstić information content (AvgIpc) is 3.15. The van der Waals surface area contributed by atoms with E-state index in [2.05, 4.69) is 23.2 Å². The first-order valence-electron chi connectivity index (χ1n) is 9.10. The summed E-state index contributed by atoms with van der Waals surface area (Å²) < 4.78 is 0. The van der Waals surface area contributed by atoms with Crippen molar-refractivity contribution in [3.8, 4) is 0 Å². The maximum Gasteiger partial charge on any atom is 0.220 e. The van der Waals surface area contributed by atoms with E-state index >= 15 is 0 Å². The normalized spacial score (nSPS) is 12.2. The van der Waals surface area contributed by atoms with Gasteiger partial charge in [-0.2, -0.15) is 0 Å². The number of nitrogens with one attached hydrogen (secondary N) is 1. The Morgan fingerprint density at radius 2 is 1.85 bits per heavy atom. The number of benzene rings is 1. The Balaban J connectivity index is 1.79. The van der Waals surface area contributed by atoms with Crippen LogP contribution in [0, 0.1) is 0 Å². The third kappa shape index (κ3) is 6.07. The lowest BCUT2D eigenvalue weighted by molar-refractivity contribution is -0.121. The summed E-state index contributed by atoms with van der Waals surface area (Å²) in [5.41, 5.74) is 1.92. The van der Waals surface area contributed by atoms with Gasteiger partial charge in [0.1, 0.15) is 0 Å². The summed E-state index contributed by atoms with van der Waals surface area (Å²) in [5.74, 6) is -0.0602. The predicted octanol–water partition coefficient (Wildman–Crippen LogP) is 4.08. The maximum absolute atomic E-state index is 12.3. The number of carbonyl (C=O) groups is 2. The molecule has 4 nitrogen and oxygen atoms in total. The van der Waals surface area contributed by atoms with Crippen LogP contribution in [0.3, 0.4) is 0 Å². The van der Waals surface area contributed by atoms with E-state index in [0.717, 1.165) is 12.8 Å². The lowest BCUT2D eigenvalue weighted by atomic mass is 10.0. The molecule has 0 aliphatic rings. The van der Waals surface area contributed by atoms with Gasteiger partial charge < -0.3 is 10.2 Å². The highest BCUT2D eigenvalue weighted by atomic mass is 32.1. The zero-order valence-electron chi connectivity index (χ0n) is 15.8. The largest absolute Gasteiger partial charge is 0.354 e. The van der Waals surface area contributed by atoms with Crippen molar-refractivity contribution in [2.75, 3.05) is 20.6 Å². The Kier molecular flexibility index (Phi) is 8.01. The van der Waals surface area contributed by atoms with Crippen molar-refractivity contribution in [3.63, 3.8) is 0 Å². The molecule has 0 spiro atoms. The van der Waals surface area contributed by atoms with Crippen molar-refractivity contribution >= 4 is 23.0 Å². The topological polar surface area (TPSA) is 49.4 Å². The number of aryl methyl sites for hydroxylation is 1. The molecule has 0 radical (unpaired) electrons. The molecule has 1 amide bonds. The van der Waals surface area contributed by atoms with Crippen LogP contribution in [0.5, 0.6) is 0 Å². The Morgan fingerprint density at radius 1 is 1.12 bits per heavy atom. The molecule has 0 aliphatic heterocycles. The minimum absolute atomic E-state index is 0.0191. The van der Waals surface area contributed by atoms with Gasteiger partial charge in [0.2, 0.25) is 5.91 Å². The van der Waals surface area contributed by atoms with Gasteiger partial charge in [-0.25, -0.2) is 0 Å². The summed E-state index contributed by atoms with van der Waals surface area (Å²) in [5, 5.41) is 5.00. The Morgan fingerprint density at radius 3 is 2.42 bits per heavy atom. The maximum atomic E-state index is 12.3. The zero-order valence-corrected chi connectivity index (χ0v) is 16.6. The molecule has 2 aromatic rings. The number of thiophene rings is 1. The number of Topliss-reactive ketones (excluding diaryl/α,β-unsaturated/α-hetero) is 1. The standard InChI is InChI=1S/C21H28N2O2S/c1-4-6-16-8-10-17(11-9-16)19(24)12-13-21(25)22-15-18(23(2)3)20-7-5-14-26-20/h5,7-11,14,18H,4,6,12-13,15H2,1-3H3,(H,22,25). The highest BCUT2D eigenvalue weighted by Gasteiger charge is 2.16. The van der Waals surface area contributed by atoms with Crippen molar-refractivity contribution in [1.82, 2.24) is 10.2 Å². The van der Waals surface area contributed by atoms with E-state index in [0.29, 0.717) is 12.1 Å². The second kappa shape index (κ2) is 10.2. The summed E-state index contributed by atoms with van der Waals surface area (Å²) in [6, 6.07) is 12.0. The first-order valence-corrected chi connectivity index (χ1v) is 9.98. The van der Waals surface area contributed by atoms with Crippen LogP contribution >= 0.6 is 11.3 Å². The van der Waals surface area contributed by atoms with Gasteiger partial charge in [-0.1, -0.05) is 43.7 Å². The molecule has 1 aromatic heterocycles. The molecule has 1 N–H and O–H groups in total. The van der Waals surface area contributed by atoms with Crippen molar-refractivity contribution in [1.29, 1.82) is 0 Å². The summed E-state index contributed by atoms with van der Waals surface area (Å²) >= 11 is 1.68. The predicted molar refractivity (Wildman–Crippen MR) is 108 cm³/mol. The third-order valence-electron chi connectivity index (χ3n) is 4.38. The molecule has 0 aliphatic carbocycles. The minimum Gasteiger partial charge on any atom is -0.354 e. The molecule has 2 rings (SSSR count). The molecule has 0 fully saturated rings. The van der Waals surface area contributed by atoms with E-state index in [1.165, 1.54) is 10.4 Å². The van der Waals surface area contributed by atoms with Gasteiger partial charge in [0, 0.05) is 29.8 Å². The van der Waals surface area contributed by atoms with Crippen LogP contribution in [0.15, 0.2) is 41.8 Å². The number of ketones is 1. The molecule has 1 atom stereocenters. The van der Waals surface area contributed by atoms with Crippen LogP contribution in [0.4, 0.5) is 0 Å². The second-order valence-electron chi connectivity index (χ2n) is 6.67. The SMILES string of the molecule is CCCc1ccc(C(=O)CCC(=O)NCC(c2cccs2)N(C)C)cc1. The molecule has 5 heteroatoms. The highest BCUT2D eigenvalue weighted by Crippen LogP contribution is 2.22. The summed E-state index contributed by atoms with van der Waals surface area (Å²) in [6.45, 7) is 2.68. The fourth-order valence-electron chi connectivity index (χ4n) is 2.83. The van der Waals surface area contributed by atoms with E-state index in [4.69, 9.17) is 0 Å². The Labute approximate surface area is 160 Å². The first-order chi connectivity index (χ1) is 12.5. The number of amides is 1. The Bertz CT molecular complexity index is 693. The van der Waals surface area contributed by atoms with E-state index in [1.54, 1.807) is 11.3 Å². The van der Waals surface area contributed by atoms with E-state index in [-0.39, 0.29) is 30.6 Å². The molecule has 1 heterocycles. The summed E-state index contributed by atoms with van der Waals surface area (Å²) in [4.78, 5) is 27.7. The van der Waals surface area contributed by atoms with Crippen LogP contribution in [0.2, 0.25) is 0 Å². The van der Waals surface area contributed by atoms with Crippen LogP contribution in [0.1, 0.15) is 53.0 Å². The van der Waals surface area contributed by atoms with Crippen molar-refractivity contribution in [2.24, 2.45) is 0 Å². The van der Waals surface area contributed by atoms with Crippen LogP contribution < -0.4 is 5.32 Å². The van der Waals surface area contributed by atoms with Gasteiger partial charge in [-0.05, 0) is 37.5 Å². The number of rotatable bonds is 10. The van der Waals surface area contributed by atoms with Crippen LogP contribution in [-0.4, -0.2) is 37.2 Å². The first kappa shape index (κ1) is 20.3. The molecule has 140 valence electrons. The van der Waals surface area contributed by atoms with Crippen molar-refractivity contribution in [2.45, 2.75) is 38.6 Å². The highest BCUT2D eigenvalue weighted by molar-refractivity contribution is 7.10. The van der Waals surface area contributed by atoms with Gasteiger partial charge in [0.05, 0.1) is 6.04 Å². The number of nitrogens with zero attached hydrogens (tertiary/aromatic N) is 1. The fraction of sp³-hybridized carbons (Fsp3) is 0.429. The minimum atomic E-state index is -0.0793. The summed E-state index contributed by atoms with van der Waals surface area (Å²) in [7, 11) is 4.00. The monoisotopic (exact) mass is 372 g/mol. The van der Waals surface area contributed by atoms with Gasteiger partial charge in [-0.3, -0.25) is 9.59 Å². The summed E-state index contributed by atoms with van der Waals surface area (Å²) in [6.07, 6.45) is 2.58. The van der Waals surface area contributed by atoms with Crippen LogP contribution in [0.25, 0.3) is 0 Å². The molecule has 0 bridgehead atoms. The van der Waals surface area contributed by atoms with Crippen LogP contribution in [-0.2, 0) is 11.2 Å². The third-order valence-corrected chi connectivity index (χ3v) is 5.35. The lowest BCUT2D eigenvalue weighted by Gasteiger charge is -2.23. The number of hydrogen-bond donors (Lipinski definition) is 1. The lowest BCUT2D eigenvalue weighted by Crippen LogP contribution is -2.34. The fourth-order valence-corrected chi connectivity index (χ4v) is 3.76. The second-order valence-corrected chi connectivity index (χ2v) is 7.65. The average molecular weight is 373 g/mol. The molecule has 0 saturated carbocycles. The van der Waals surface area contributed by atoms with E-state index < -0.39 is 0 Å². The van der Waals surface area contributed by atoms with Gasteiger partial charge in [0.25, 0.3) is 0 Å². The van der Waals surface area contributed by atoms with E-state index in [9.17, 15) is 9.59 Å². The number of carbonyl (C=O) groups excluding carboxylic acids is 2. The molecular weight excluding hydrogens is 344 g/mol. The molecule has 1 unspecified atom stereocenters. The molecule has 0 saturated heterocycles. The van der Waals surface area contributed by atoms with E-state index in [1.807, 2.05) is 49.8 Å². The number of hydrogen-bond acceptors (Lipinski definition) is 4. The van der Waals surface area contributed by atoms with Gasteiger partial charge >= 0.3 is 0 Å². The Hall–Kier alpha value is -1.98. The smallest absolute Gasteiger partial charge is 0.220 e. The number of likely N-dealkylation sites (N-methyl/N-ethyl adjacent to an activating group) is 1. The van der Waals surface area contributed by atoms with Crippen molar-refractivity contribution in [3.05, 3.63) is 57.8 Å². The van der Waals surface area contributed by atoms with Gasteiger partial charge in [-0.15, -0.1) is 11.3 Å².